The molecule has 2 nitrogen and oxygen atoms in total. The van der Waals surface area contributed by atoms with Gasteiger partial charge in [0.1, 0.15) is 5.84 Å². The molecule has 0 atom stereocenters. The maximum atomic E-state index is 7.90. The molecule has 1 aliphatic rings. The summed E-state index contributed by atoms with van der Waals surface area (Å²) in [5.41, 5.74) is 10.3. The Hall–Kier alpha value is -2.35. The predicted octanol–water partition coefficient (Wildman–Crippen LogP) is 3.24. The highest BCUT2D eigenvalue weighted by molar-refractivity contribution is 5.92. The lowest BCUT2D eigenvalue weighted by Gasteiger charge is -2.18. The molecule has 1 aliphatic carbocycles. The summed E-state index contributed by atoms with van der Waals surface area (Å²) in [6.45, 7) is 0. The second-order valence-electron chi connectivity index (χ2n) is 4.48. The van der Waals surface area contributed by atoms with Crippen LogP contribution in [0.5, 0.6) is 0 Å². The van der Waals surface area contributed by atoms with Crippen molar-refractivity contribution in [2.45, 2.75) is 5.92 Å². The highest BCUT2D eigenvalue weighted by atomic mass is 14.7. The van der Waals surface area contributed by atoms with Gasteiger partial charge in [-0.05, 0) is 22.3 Å². The maximum absolute atomic E-state index is 7.90. The lowest BCUT2D eigenvalue weighted by molar-refractivity contribution is 1.04. The Morgan fingerprint density at radius 1 is 0.833 bits per heavy atom. The molecule has 0 amide bonds. The molecule has 0 spiro atoms. The van der Waals surface area contributed by atoms with Gasteiger partial charge in [0, 0.05) is 0 Å². The van der Waals surface area contributed by atoms with E-state index in [1.54, 1.807) is 0 Å². The van der Waals surface area contributed by atoms with E-state index in [1.165, 1.54) is 0 Å². The van der Waals surface area contributed by atoms with Gasteiger partial charge in [-0.25, -0.2) is 0 Å². The summed E-state index contributed by atoms with van der Waals surface area (Å²) in [7, 11) is 0. The Kier molecular flexibility index (Phi) is 2.49. The quantitative estimate of drug-likeness (QED) is 0.577. The number of fused-ring (bicyclic) bond motifs is 2. The molecular formula is C16H14N2. The van der Waals surface area contributed by atoms with E-state index in [0.29, 0.717) is 0 Å². The van der Waals surface area contributed by atoms with Crippen molar-refractivity contribution < 1.29 is 0 Å². The third-order valence-electron chi connectivity index (χ3n) is 3.37. The van der Waals surface area contributed by atoms with Gasteiger partial charge in [0.2, 0.25) is 0 Å². The highest BCUT2D eigenvalue weighted by Crippen LogP contribution is 2.34. The van der Waals surface area contributed by atoms with Gasteiger partial charge in [-0.1, -0.05) is 60.7 Å². The van der Waals surface area contributed by atoms with E-state index < -0.39 is 0 Å². The van der Waals surface area contributed by atoms with Crippen LogP contribution in [0.15, 0.2) is 48.5 Å². The molecule has 0 aliphatic heterocycles. The van der Waals surface area contributed by atoms with Crippen LogP contribution in [0.2, 0.25) is 0 Å². The fourth-order valence-corrected chi connectivity index (χ4v) is 2.53. The molecular weight excluding hydrogens is 220 g/mol. The monoisotopic (exact) mass is 234 g/mol. The van der Waals surface area contributed by atoms with Crippen LogP contribution in [0, 0.1) is 5.41 Å². The van der Waals surface area contributed by atoms with Crippen molar-refractivity contribution >= 4 is 18.0 Å². The first-order valence-corrected chi connectivity index (χ1v) is 5.97. The van der Waals surface area contributed by atoms with Crippen LogP contribution in [-0.2, 0) is 0 Å². The van der Waals surface area contributed by atoms with Crippen LogP contribution in [0.1, 0.15) is 28.2 Å². The number of benzene rings is 2. The minimum Gasteiger partial charge on any atom is -0.387 e. The molecule has 0 saturated heterocycles. The van der Waals surface area contributed by atoms with Gasteiger partial charge in [0.25, 0.3) is 0 Å². The van der Waals surface area contributed by atoms with Crippen molar-refractivity contribution in [1.29, 1.82) is 5.41 Å². The van der Waals surface area contributed by atoms with Crippen molar-refractivity contribution in [3.8, 4) is 0 Å². The third kappa shape index (κ3) is 1.63. The van der Waals surface area contributed by atoms with Crippen molar-refractivity contribution in [3.05, 3.63) is 70.8 Å². The largest absolute Gasteiger partial charge is 0.387 e. The first-order chi connectivity index (χ1) is 8.77. The third-order valence-corrected chi connectivity index (χ3v) is 3.37. The first-order valence-electron chi connectivity index (χ1n) is 5.97. The summed E-state index contributed by atoms with van der Waals surface area (Å²) in [6.07, 6.45) is 4.19. The van der Waals surface area contributed by atoms with Crippen molar-refractivity contribution in [3.63, 3.8) is 0 Å². The zero-order valence-electron chi connectivity index (χ0n) is 9.93. The Bertz CT molecular complexity index is 592. The van der Waals surface area contributed by atoms with Gasteiger partial charge in [-0.3, -0.25) is 5.41 Å². The average Bonchev–Trinajstić information content (AvgIpc) is 2.55. The number of hydrogen-bond donors (Lipinski definition) is 2. The summed E-state index contributed by atoms with van der Waals surface area (Å²) >= 11 is 0. The van der Waals surface area contributed by atoms with E-state index in [1.807, 2.05) is 36.4 Å². The number of hydrogen-bond acceptors (Lipinski definition) is 1. The lowest BCUT2D eigenvalue weighted by atomic mass is 9.87. The summed E-state index contributed by atoms with van der Waals surface area (Å²) in [6, 6.07) is 16.2. The van der Waals surface area contributed by atoms with E-state index in [2.05, 4.69) is 24.3 Å². The van der Waals surface area contributed by atoms with E-state index in [-0.39, 0.29) is 11.8 Å². The van der Waals surface area contributed by atoms with Crippen LogP contribution >= 0.6 is 0 Å². The molecule has 3 rings (SSSR count). The van der Waals surface area contributed by atoms with Gasteiger partial charge in [0.05, 0.1) is 5.92 Å². The van der Waals surface area contributed by atoms with E-state index in [0.717, 1.165) is 22.3 Å². The lowest BCUT2D eigenvalue weighted by Crippen LogP contribution is -2.22. The second-order valence-corrected chi connectivity index (χ2v) is 4.48. The number of nitrogens with two attached hydrogens (primary N) is 1. The van der Waals surface area contributed by atoms with Crippen molar-refractivity contribution in [1.82, 2.24) is 0 Å². The second kappa shape index (κ2) is 4.15. The van der Waals surface area contributed by atoms with Gasteiger partial charge in [-0.2, -0.15) is 0 Å². The maximum Gasteiger partial charge on any atom is 0.103 e. The van der Waals surface area contributed by atoms with E-state index in [9.17, 15) is 0 Å². The molecule has 0 bridgehead atoms. The van der Waals surface area contributed by atoms with Gasteiger partial charge >= 0.3 is 0 Å². The molecule has 18 heavy (non-hydrogen) atoms. The zero-order valence-corrected chi connectivity index (χ0v) is 9.93. The van der Waals surface area contributed by atoms with Crippen LogP contribution in [0.4, 0.5) is 0 Å². The number of rotatable bonds is 1. The Morgan fingerprint density at radius 3 is 1.72 bits per heavy atom. The van der Waals surface area contributed by atoms with Crippen LogP contribution < -0.4 is 5.73 Å². The van der Waals surface area contributed by atoms with Crippen LogP contribution in [0.25, 0.3) is 12.2 Å². The standard InChI is InChI=1S/C16H14N2/c17-16(18)15-13-7-3-1-5-11(13)9-10-12-6-2-4-8-14(12)15/h1-10,15H,(H3,17,18). The normalized spacial score (nSPS) is 13.6. The molecule has 88 valence electrons. The summed E-state index contributed by atoms with van der Waals surface area (Å²) in [5, 5.41) is 7.90. The SMILES string of the molecule is N=C(N)C1c2ccccc2C=Cc2ccccc21. The van der Waals surface area contributed by atoms with E-state index >= 15 is 0 Å². The molecule has 2 aromatic rings. The minimum absolute atomic E-state index is 0.146. The highest BCUT2D eigenvalue weighted by Gasteiger charge is 2.23. The van der Waals surface area contributed by atoms with Crippen LogP contribution in [-0.4, -0.2) is 5.84 Å². The minimum atomic E-state index is -0.146. The Balaban J connectivity index is 2.31. The molecule has 0 aromatic heterocycles. The summed E-state index contributed by atoms with van der Waals surface area (Å²) in [4.78, 5) is 0. The molecule has 3 N–H and O–H groups in total. The van der Waals surface area contributed by atoms with E-state index in [4.69, 9.17) is 11.1 Å². The zero-order chi connectivity index (χ0) is 12.5. The molecule has 0 heterocycles. The molecule has 2 heteroatoms. The molecule has 0 fully saturated rings. The van der Waals surface area contributed by atoms with Crippen molar-refractivity contribution in [2.75, 3.05) is 0 Å². The van der Waals surface area contributed by atoms with Gasteiger partial charge in [-0.15, -0.1) is 0 Å². The fraction of sp³-hybridized carbons (Fsp3) is 0.0625. The van der Waals surface area contributed by atoms with Gasteiger partial charge in [0.15, 0.2) is 0 Å². The molecule has 0 saturated carbocycles. The summed E-state index contributed by atoms with van der Waals surface area (Å²) in [5.74, 6) is 0.0472. The Morgan fingerprint density at radius 2 is 1.28 bits per heavy atom. The number of nitrogens with one attached hydrogen (secondary N) is 1. The average molecular weight is 234 g/mol. The van der Waals surface area contributed by atoms with Gasteiger partial charge < -0.3 is 5.73 Å². The topological polar surface area (TPSA) is 49.9 Å². The first kappa shape index (κ1) is 10.8. The molecule has 0 unspecified atom stereocenters. The molecule has 0 radical (unpaired) electrons. The smallest absolute Gasteiger partial charge is 0.103 e. The summed E-state index contributed by atoms with van der Waals surface area (Å²) < 4.78 is 0. The van der Waals surface area contributed by atoms with Crippen molar-refractivity contribution in [2.24, 2.45) is 5.73 Å². The number of amidine groups is 1. The molecule has 2 aromatic carbocycles. The van der Waals surface area contributed by atoms with Crippen LogP contribution in [0.3, 0.4) is 0 Å². The predicted molar refractivity (Wildman–Crippen MR) is 75.6 cm³/mol. The Labute approximate surface area is 106 Å². The fourth-order valence-electron chi connectivity index (χ4n) is 2.53.